The molecule has 8 heteroatoms. The average Bonchev–Trinajstić information content (AvgIpc) is 3.22. The number of hydrogen-bond acceptors (Lipinski definition) is 6. The summed E-state index contributed by atoms with van der Waals surface area (Å²) in [6.07, 6.45) is 1.31. The predicted octanol–water partition coefficient (Wildman–Crippen LogP) is 6.21. The quantitative estimate of drug-likeness (QED) is 0.223. The number of rotatable bonds is 12. The van der Waals surface area contributed by atoms with Gasteiger partial charge in [0.25, 0.3) is 0 Å². The molecule has 0 saturated carbocycles. The lowest BCUT2D eigenvalue weighted by Gasteiger charge is -2.24. The number of likely N-dealkylation sites (N-methyl/N-ethyl adjacent to an activating group) is 1. The summed E-state index contributed by atoms with van der Waals surface area (Å²) in [6, 6.07) is 13.7. The largest absolute Gasteiger partial charge is 0.497 e. The zero-order valence-corrected chi connectivity index (χ0v) is 21.2. The van der Waals surface area contributed by atoms with Crippen molar-refractivity contribution < 1.29 is 9.53 Å². The van der Waals surface area contributed by atoms with Crippen molar-refractivity contribution in [3.63, 3.8) is 0 Å². The van der Waals surface area contributed by atoms with Crippen LogP contribution in [0, 0.1) is 0 Å². The van der Waals surface area contributed by atoms with Crippen LogP contribution in [0.2, 0.25) is 5.02 Å². The lowest BCUT2D eigenvalue weighted by Crippen LogP contribution is -2.38. The van der Waals surface area contributed by atoms with E-state index in [2.05, 4.69) is 18.7 Å². The summed E-state index contributed by atoms with van der Waals surface area (Å²) in [7, 11) is 1.67. The van der Waals surface area contributed by atoms with E-state index in [9.17, 15) is 4.79 Å². The number of hydrogen-bond donors (Lipinski definition) is 0. The Balaban J connectivity index is 1.63. The highest BCUT2D eigenvalue weighted by Gasteiger charge is 2.20. The van der Waals surface area contributed by atoms with Crippen LogP contribution < -0.4 is 9.64 Å². The molecular weight excluding hydrogens is 462 g/mol. The Hall–Kier alpha value is -1.80. The fraction of sp³-hybridized carbons (Fsp3) is 0.417. The van der Waals surface area contributed by atoms with Crippen molar-refractivity contribution in [1.82, 2.24) is 9.88 Å². The van der Waals surface area contributed by atoms with Crippen LogP contribution in [0.25, 0.3) is 10.2 Å². The second-order valence-electron chi connectivity index (χ2n) is 7.31. The number of thioether (sulfide) groups is 1. The lowest BCUT2D eigenvalue weighted by molar-refractivity contribution is -0.118. The minimum atomic E-state index is 0.123. The molecule has 3 rings (SSSR count). The molecule has 0 aliphatic rings. The molecule has 5 nitrogen and oxygen atoms in total. The highest BCUT2D eigenvalue weighted by molar-refractivity contribution is 7.99. The Morgan fingerprint density at radius 2 is 1.88 bits per heavy atom. The first-order valence-electron chi connectivity index (χ1n) is 10.9. The monoisotopic (exact) mass is 491 g/mol. The third-order valence-corrected chi connectivity index (χ3v) is 7.64. The van der Waals surface area contributed by atoms with Gasteiger partial charge in [0.15, 0.2) is 5.13 Å². The Kier molecular flexibility index (Phi) is 9.66. The minimum Gasteiger partial charge on any atom is -0.497 e. The number of anilines is 1. The predicted molar refractivity (Wildman–Crippen MR) is 138 cm³/mol. The first-order valence-corrected chi connectivity index (χ1v) is 13.1. The Labute approximate surface area is 203 Å². The first kappa shape index (κ1) is 24.8. The molecule has 0 fully saturated rings. The highest BCUT2D eigenvalue weighted by atomic mass is 35.5. The number of carbonyl (C=O) groups excluding carboxylic acids is 1. The molecule has 0 N–H and O–H groups in total. The topological polar surface area (TPSA) is 45.7 Å². The first-order chi connectivity index (χ1) is 15.5. The van der Waals surface area contributed by atoms with Gasteiger partial charge < -0.3 is 9.64 Å². The van der Waals surface area contributed by atoms with Crippen LogP contribution in [-0.2, 0) is 4.79 Å². The van der Waals surface area contributed by atoms with Gasteiger partial charge in [-0.1, -0.05) is 36.8 Å². The van der Waals surface area contributed by atoms with Gasteiger partial charge in [-0.3, -0.25) is 9.69 Å². The SMILES string of the molecule is CCN(CC)CCN(C(=O)CCCSc1ccc(OC)cc1)c1nc2ccc(Cl)cc2s1. The van der Waals surface area contributed by atoms with Crippen LogP contribution in [0.5, 0.6) is 5.75 Å². The van der Waals surface area contributed by atoms with Gasteiger partial charge in [-0.2, -0.15) is 0 Å². The number of halogens is 1. The van der Waals surface area contributed by atoms with E-state index in [1.54, 1.807) is 18.9 Å². The van der Waals surface area contributed by atoms with Gasteiger partial charge in [0.2, 0.25) is 5.91 Å². The molecule has 0 aliphatic heterocycles. The number of ether oxygens (including phenoxy) is 1. The number of nitrogens with zero attached hydrogens (tertiary/aromatic N) is 3. The summed E-state index contributed by atoms with van der Waals surface area (Å²) in [5.74, 6) is 1.86. The van der Waals surface area contributed by atoms with Gasteiger partial charge in [-0.15, -0.1) is 11.8 Å². The molecule has 2 aromatic carbocycles. The van der Waals surface area contributed by atoms with Crippen molar-refractivity contribution in [3.05, 3.63) is 47.5 Å². The van der Waals surface area contributed by atoms with Gasteiger partial charge in [0.1, 0.15) is 5.75 Å². The van der Waals surface area contributed by atoms with Crippen molar-refractivity contribution in [2.75, 3.05) is 43.9 Å². The van der Waals surface area contributed by atoms with Crippen LogP contribution in [0.15, 0.2) is 47.4 Å². The molecule has 0 radical (unpaired) electrons. The summed E-state index contributed by atoms with van der Waals surface area (Å²) in [4.78, 5) is 23.3. The van der Waals surface area contributed by atoms with E-state index < -0.39 is 0 Å². The summed E-state index contributed by atoms with van der Waals surface area (Å²) in [5.41, 5.74) is 0.880. The van der Waals surface area contributed by atoms with Gasteiger partial charge in [0, 0.05) is 29.4 Å². The molecule has 32 heavy (non-hydrogen) atoms. The number of benzene rings is 2. The number of fused-ring (bicyclic) bond motifs is 1. The zero-order chi connectivity index (χ0) is 22.9. The number of carbonyl (C=O) groups is 1. The molecular formula is C24H30ClN3O2S2. The van der Waals surface area contributed by atoms with E-state index in [0.29, 0.717) is 18.0 Å². The van der Waals surface area contributed by atoms with Crippen LogP contribution in [0.4, 0.5) is 5.13 Å². The van der Waals surface area contributed by atoms with Gasteiger partial charge in [-0.25, -0.2) is 4.98 Å². The molecule has 0 spiro atoms. The summed E-state index contributed by atoms with van der Waals surface area (Å²) < 4.78 is 6.21. The summed E-state index contributed by atoms with van der Waals surface area (Å²) >= 11 is 9.43. The Morgan fingerprint density at radius 3 is 2.56 bits per heavy atom. The van der Waals surface area contributed by atoms with E-state index >= 15 is 0 Å². The van der Waals surface area contributed by atoms with Crippen molar-refractivity contribution in [1.29, 1.82) is 0 Å². The highest BCUT2D eigenvalue weighted by Crippen LogP contribution is 2.31. The molecule has 1 amide bonds. The van der Waals surface area contributed by atoms with E-state index in [4.69, 9.17) is 21.3 Å². The van der Waals surface area contributed by atoms with E-state index in [-0.39, 0.29) is 5.91 Å². The van der Waals surface area contributed by atoms with E-state index in [0.717, 1.165) is 52.9 Å². The Bertz CT molecular complexity index is 1010. The maximum Gasteiger partial charge on any atom is 0.228 e. The fourth-order valence-corrected chi connectivity index (χ4v) is 5.47. The van der Waals surface area contributed by atoms with Crippen LogP contribution in [0.1, 0.15) is 26.7 Å². The molecule has 1 aromatic heterocycles. The fourth-order valence-electron chi connectivity index (χ4n) is 3.33. The van der Waals surface area contributed by atoms with E-state index in [1.165, 1.54) is 16.2 Å². The second kappa shape index (κ2) is 12.4. The Morgan fingerprint density at radius 1 is 1.12 bits per heavy atom. The molecule has 1 heterocycles. The molecule has 0 unspecified atom stereocenters. The maximum absolute atomic E-state index is 13.2. The number of methoxy groups -OCH3 is 1. The maximum atomic E-state index is 13.2. The van der Waals surface area contributed by atoms with Crippen LogP contribution in [-0.4, -0.2) is 54.8 Å². The lowest BCUT2D eigenvalue weighted by atomic mass is 10.3. The number of amides is 1. The molecule has 0 aliphatic carbocycles. The van der Waals surface area contributed by atoms with E-state index in [1.807, 2.05) is 47.4 Å². The molecule has 0 atom stereocenters. The van der Waals surface area contributed by atoms with Crippen molar-refractivity contribution in [2.24, 2.45) is 0 Å². The summed E-state index contributed by atoms with van der Waals surface area (Å²) in [5, 5.41) is 1.44. The summed E-state index contributed by atoms with van der Waals surface area (Å²) in [6.45, 7) is 7.69. The van der Waals surface area contributed by atoms with Gasteiger partial charge >= 0.3 is 0 Å². The molecule has 172 valence electrons. The smallest absolute Gasteiger partial charge is 0.228 e. The zero-order valence-electron chi connectivity index (χ0n) is 18.8. The normalized spacial score (nSPS) is 11.3. The van der Waals surface area contributed by atoms with Crippen LogP contribution in [0.3, 0.4) is 0 Å². The molecule has 0 saturated heterocycles. The standard InChI is InChI=1S/C24H30ClN3O2S2/c1-4-27(5-2)14-15-28(24-26-21-13-8-18(25)17-22(21)32-24)23(29)7-6-16-31-20-11-9-19(30-3)10-12-20/h8-13,17H,4-7,14-16H2,1-3H3. The third-order valence-electron chi connectivity index (χ3n) is 5.27. The van der Waals surface area contributed by atoms with Crippen molar-refractivity contribution in [3.8, 4) is 5.75 Å². The molecule has 3 aromatic rings. The average molecular weight is 492 g/mol. The van der Waals surface area contributed by atoms with Gasteiger partial charge in [0.05, 0.1) is 17.3 Å². The van der Waals surface area contributed by atoms with Gasteiger partial charge in [-0.05, 0) is 67.7 Å². The van der Waals surface area contributed by atoms with Crippen LogP contribution >= 0.6 is 34.7 Å². The molecule has 0 bridgehead atoms. The number of aromatic nitrogens is 1. The second-order valence-corrected chi connectivity index (χ2v) is 9.92. The van der Waals surface area contributed by atoms with Crippen molar-refractivity contribution in [2.45, 2.75) is 31.6 Å². The number of thiazole rings is 1. The third kappa shape index (κ3) is 6.85. The minimum absolute atomic E-state index is 0.123. The van der Waals surface area contributed by atoms with Crippen molar-refractivity contribution >= 4 is 56.0 Å².